The zero-order chi connectivity index (χ0) is 24.6. The van der Waals surface area contributed by atoms with Crippen LogP contribution in [-0.4, -0.2) is 46.1 Å². The molecule has 0 heterocycles. The third kappa shape index (κ3) is 7.82. The van der Waals surface area contributed by atoms with Crippen LogP contribution in [0.2, 0.25) is 0 Å². The number of alkyl carbamates (subject to hydrolysis) is 1. The molecule has 0 aliphatic rings. The molecule has 0 radical (unpaired) electrons. The van der Waals surface area contributed by atoms with Gasteiger partial charge in [0.2, 0.25) is 11.8 Å². The maximum Gasteiger partial charge on any atom is 0.408 e. The Morgan fingerprint density at radius 3 is 2.15 bits per heavy atom. The molecule has 1 atom stereocenters. The van der Waals surface area contributed by atoms with Gasteiger partial charge in [0.15, 0.2) is 0 Å². The fraction of sp³-hybridized carbons (Fsp3) is 0.400. The Morgan fingerprint density at radius 2 is 1.58 bits per heavy atom. The van der Waals surface area contributed by atoms with Crippen molar-refractivity contribution in [1.82, 2.24) is 15.5 Å². The molecular formula is C25H33N3O5. The first-order chi connectivity index (χ1) is 15.5. The Labute approximate surface area is 194 Å². The van der Waals surface area contributed by atoms with Crippen molar-refractivity contribution in [3.05, 3.63) is 65.7 Å². The maximum atomic E-state index is 13.3. The highest BCUT2D eigenvalue weighted by atomic mass is 16.6. The Hall–Kier alpha value is -3.55. The summed E-state index contributed by atoms with van der Waals surface area (Å²) >= 11 is 0. The number of carbonyl (C=O) groups excluding carboxylic acids is 3. The molecule has 33 heavy (non-hydrogen) atoms. The summed E-state index contributed by atoms with van der Waals surface area (Å²) < 4.78 is 5.19. The number of nitrogens with one attached hydrogen (secondary N) is 2. The monoisotopic (exact) mass is 455 g/mol. The lowest BCUT2D eigenvalue weighted by molar-refractivity contribution is -0.142. The van der Waals surface area contributed by atoms with Gasteiger partial charge >= 0.3 is 6.09 Å². The third-order valence-electron chi connectivity index (χ3n) is 4.69. The van der Waals surface area contributed by atoms with E-state index in [0.717, 1.165) is 5.56 Å². The van der Waals surface area contributed by atoms with Gasteiger partial charge in [-0.2, -0.15) is 0 Å². The van der Waals surface area contributed by atoms with Gasteiger partial charge in [0.1, 0.15) is 23.9 Å². The summed E-state index contributed by atoms with van der Waals surface area (Å²) in [4.78, 5) is 39.8. The molecule has 0 saturated heterocycles. The van der Waals surface area contributed by atoms with E-state index in [0.29, 0.717) is 5.56 Å². The number of amides is 3. The molecule has 1 unspecified atom stereocenters. The molecule has 3 amide bonds. The van der Waals surface area contributed by atoms with E-state index >= 15 is 0 Å². The van der Waals surface area contributed by atoms with Gasteiger partial charge in [-0.3, -0.25) is 9.59 Å². The van der Waals surface area contributed by atoms with Crippen molar-refractivity contribution >= 4 is 17.9 Å². The number of phenolic OH excluding ortho intramolecular Hbond substituents is 1. The summed E-state index contributed by atoms with van der Waals surface area (Å²) in [6.07, 6.45) is -0.729. The Bertz CT molecular complexity index is 954. The number of ether oxygens (including phenoxy) is 1. The van der Waals surface area contributed by atoms with E-state index < -0.39 is 35.6 Å². The van der Waals surface area contributed by atoms with Gasteiger partial charge in [0.05, 0.1) is 0 Å². The van der Waals surface area contributed by atoms with Crippen LogP contribution in [0.5, 0.6) is 5.75 Å². The minimum atomic E-state index is -1.09. The normalized spacial score (nSPS) is 12.1. The molecule has 0 bridgehead atoms. The first kappa shape index (κ1) is 25.7. The van der Waals surface area contributed by atoms with Gasteiger partial charge in [-0.05, 0) is 46.2 Å². The third-order valence-corrected chi connectivity index (χ3v) is 4.69. The summed E-state index contributed by atoms with van der Waals surface area (Å²) in [7, 11) is 0. The zero-order valence-corrected chi connectivity index (χ0v) is 19.8. The highest BCUT2D eigenvalue weighted by molar-refractivity contribution is 5.91. The molecule has 2 aromatic rings. The van der Waals surface area contributed by atoms with Gasteiger partial charge in [-0.25, -0.2) is 4.79 Å². The number of hydrogen-bond donors (Lipinski definition) is 3. The topological polar surface area (TPSA) is 108 Å². The zero-order valence-electron chi connectivity index (χ0n) is 19.8. The van der Waals surface area contributed by atoms with Crippen LogP contribution >= 0.6 is 0 Å². The van der Waals surface area contributed by atoms with Crippen molar-refractivity contribution < 1.29 is 24.2 Å². The standard InChI is InChI=1S/C25H33N3O5/c1-17(2)28(21(30)16-27-24(32)33-25(3,4)5)22(19-13-9-10-14-20(19)29)23(31)26-15-18-11-7-6-8-12-18/h6-14,17,22,29H,15-16H2,1-5H3,(H,26,31)(H,27,32). The van der Waals surface area contributed by atoms with Crippen molar-refractivity contribution in [3.63, 3.8) is 0 Å². The second kappa shape index (κ2) is 11.4. The summed E-state index contributed by atoms with van der Waals surface area (Å²) in [6.45, 7) is 8.61. The molecule has 8 heteroatoms. The van der Waals surface area contributed by atoms with Crippen molar-refractivity contribution in [1.29, 1.82) is 0 Å². The fourth-order valence-electron chi connectivity index (χ4n) is 3.30. The highest BCUT2D eigenvalue weighted by Gasteiger charge is 2.35. The smallest absolute Gasteiger partial charge is 0.408 e. The second-order valence-electron chi connectivity index (χ2n) is 8.91. The molecule has 3 N–H and O–H groups in total. The van der Waals surface area contributed by atoms with Crippen LogP contribution in [0.25, 0.3) is 0 Å². The number of para-hydroxylation sites is 1. The molecule has 0 aromatic heterocycles. The number of phenols is 1. The number of carbonyl (C=O) groups is 3. The number of nitrogens with zero attached hydrogens (tertiary/aromatic N) is 1. The molecule has 0 fully saturated rings. The van der Waals surface area contributed by atoms with Crippen LogP contribution in [0.1, 0.15) is 51.8 Å². The molecule has 0 spiro atoms. The number of hydrogen-bond acceptors (Lipinski definition) is 5. The van der Waals surface area contributed by atoms with Gasteiger partial charge in [-0.1, -0.05) is 48.5 Å². The number of rotatable bonds is 8. The lowest BCUT2D eigenvalue weighted by atomic mass is 10.0. The van der Waals surface area contributed by atoms with E-state index in [-0.39, 0.29) is 18.8 Å². The molecule has 0 aliphatic heterocycles. The quantitative estimate of drug-likeness (QED) is 0.565. The van der Waals surface area contributed by atoms with Crippen molar-refractivity contribution in [2.75, 3.05) is 6.54 Å². The molecule has 2 aromatic carbocycles. The Morgan fingerprint density at radius 1 is 0.970 bits per heavy atom. The maximum absolute atomic E-state index is 13.3. The van der Waals surface area contributed by atoms with Crippen LogP contribution in [0, 0.1) is 0 Å². The summed E-state index contributed by atoms with van der Waals surface area (Å²) in [5.74, 6) is -1.03. The predicted molar refractivity (Wildman–Crippen MR) is 125 cm³/mol. The molecule has 0 saturated carbocycles. The highest BCUT2D eigenvalue weighted by Crippen LogP contribution is 2.30. The average molecular weight is 456 g/mol. The summed E-state index contributed by atoms with van der Waals surface area (Å²) in [5, 5.41) is 15.8. The van der Waals surface area contributed by atoms with E-state index in [4.69, 9.17) is 4.74 Å². The largest absolute Gasteiger partial charge is 0.508 e. The van der Waals surface area contributed by atoms with E-state index in [9.17, 15) is 19.5 Å². The van der Waals surface area contributed by atoms with E-state index in [1.54, 1.807) is 52.8 Å². The van der Waals surface area contributed by atoms with Crippen LogP contribution in [0.15, 0.2) is 54.6 Å². The number of benzene rings is 2. The van der Waals surface area contributed by atoms with Crippen molar-refractivity contribution in [2.45, 2.75) is 58.8 Å². The SMILES string of the molecule is CC(C)N(C(=O)CNC(=O)OC(C)(C)C)C(C(=O)NCc1ccccc1)c1ccccc1O. The lowest BCUT2D eigenvalue weighted by Gasteiger charge is -2.35. The Kier molecular flexibility index (Phi) is 8.85. The lowest BCUT2D eigenvalue weighted by Crippen LogP contribution is -2.50. The number of aromatic hydroxyl groups is 1. The van der Waals surface area contributed by atoms with E-state index in [2.05, 4.69) is 10.6 Å². The molecule has 2 rings (SSSR count). The van der Waals surface area contributed by atoms with E-state index in [1.165, 1.54) is 11.0 Å². The van der Waals surface area contributed by atoms with Crippen LogP contribution in [0.4, 0.5) is 4.79 Å². The summed E-state index contributed by atoms with van der Waals surface area (Å²) in [5.41, 5.74) is 0.485. The minimum absolute atomic E-state index is 0.101. The van der Waals surface area contributed by atoms with Crippen LogP contribution in [0.3, 0.4) is 0 Å². The first-order valence-electron chi connectivity index (χ1n) is 10.9. The first-order valence-corrected chi connectivity index (χ1v) is 10.9. The Balaban J connectivity index is 2.27. The van der Waals surface area contributed by atoms with Gasteiger partial charge in [0.25, 0.3) is 0 Å². The summed E-state index contributed by atoms with van der Waals surface area (Å²) in [6, 6.07) is 14.3. The van der Waals surface area contributed by atoms with Crippen LogP contribution in [-0.2, 0) is 20.9 Å². The average Bonchev–Trinajstić information content (AvgIpc) is 2.74. The van der Waals surface area contributed by atoms with Crippen LogP contribution < -0.4 is 10.6 Å². The van der Waals surface area contributed by atoms with Gasteiger partial charge < -0.3 is 25.4 Å². The van der Waals surface area contributed by atoms with Crippen molar-refractivity contribution in [2.24, 2.45) is 0 Å². The van der Waals surface area contributed by atoms with Gasteiger partial charge in [-0.15, -0.1) is 0 Å². The predicted octanol–water partition coefficient (Wildman–Crippen LogP) is 3.51. The molecule has 8 nitrogen and oxygen atoms in total. The molecular weight excluding hydrogens is 422 g/mol. The van der Waals surface area contributed by atoms with Gasteiger partial charge in [0, 0.05) is 18.2 Å². The van der Waals surface area contributed by atoms with E-state index in [1.807, 2.05) is 30.3 Å². The fourth-order valence-corrected chi connectivity index (χ4v) is 3.30. The van der Waals surface area contributed by atoms with Crippen molar-refractivity contribution in [3.8, 4) is 5.75 Å². The molecule has 178 valence electrons. The minimum Gasteiger partial charge on any atom is -0.508 e. The second-order valence-corrected chi connectivity index (χ2v) is 8.91. The molecule has 0 aliphatic carbocycles.